The summed E-state index contributed by atoms with van der Waals surface area (Å²) in [6, 6.07) is 10.9. The summed E-state index contributed by atoms with van der Waals surface area (Å²) < 4.78 is 0. The fourth-order valence-corrected chi connectivity index (χ4v) is 2.30. The van der Waals surface area contributed by atoms with Gasteiger partial charge in [-0.3, -0.25) is 4.79 Å². The molecule has 1 atom stereocenters. The molecule has 0 aliphatic carbocycles. The maximum atomic E-state index is 11.0. The van der Waals surface area contributed by atoms with Gasteiger partial charge in [0, 0.05) is 12.7 Å². The minimum Gasteiger partial charge on any atom is -0.385 e. The number of carbonyl (C=O) groups is 1. The molecule has 1 aromatic carbocycles. The van der Waals surface area contributed by atoms with E-state index in [0.29, 0.717) is 23.8 Å². The summed E-state index contributed by atoms with van der Waals surface area (Å²) in [5, 5.41) is 13.9. The second kappa shape index (κ2) is 6.77. The lowest BCUT2D eigenvalue weighted by molar-refractivity contribution is 0.0515. The third kappa shape index (κ3) is 3.96. The van der Waals surface area contributed by atoms with Crippen molar-refractivity contribution in [2.24, 2.45) is 5.73 Å². The topological polar surface area (TPSA) is 88.2 Å². The third-order valence-corrected chi connectivity index (χ3v) is 3.71. The number of aromatic nitrogens is 1. The first-order valence-corrected chi connectivity index (χ1v) is 7.25. The van der Waals surface area contributed by atoms with Crippen LogP contribution >= 0.6 is 11.6 Å². The molecule has 0 radical (unpaired) electrons. The molecule has 6 heteroatoms. The Hall–Kier alpha value is -2.11. The molecule has 0 fully saturated rings. The van der Waals surface area contributed by atoms with E-state index in [1.165, 1.54) is 12.3 Å². The fourth-order valence-electron chi connectivity index (χ4n) is 2.07. The highest BCUT2D eigenvalue weighted by atomic mass is 35.5. The number of halogens is 1. The van der Waals surface area contributed by atoms with E-state index in [2.05, 4.69) is 10.3 Å². The fraction of sp³-hybridized carbons (Fsp3) is 0.250. The van der Waals surface area contributed by atoms with Gasteiger partial charge in [-0.2, -0.15) is 0 Å². The Labute approximate surface area is 134 Å². The Morgan fingerprint density at radius 1 is 1.41 bits per heavy atom. The zero-order valence-corrected chi connectivity index (χ0v) is 13.0. The Bertz CT molecular complexity index is 660. The van der Waals surface area contributed by atoms with Crippen LogP contribution in [0.5, 0.6) is 0 Å². The molecule has 0 bridgehead atoms. The van der Waals surface area contributed by atoms with Gasteiger partial charge in [-0.25, -0.2) is 4.98 Å². The molecule has 22 heavy (non-hydrogen) atoms. The Balaban J connectivity index is 1.98. The van der Waals surface area contributed by atoms with E-state index in [-0.39, 0.29) is 5.56 Å². The van der Waals surface area contributed by atoms with Gasteiger partial charge in [0.05, 0.1) is 16.2 Å². The lowest BCUT2D eigenvalue weighted by Gasteiger charge is -2.24. The van der Waals surface area contributed by atoms with Gasteiger partial charge in [-0.05, 0) is 25.0 Å². The van der Waals surface area contributed by atoms with Gasteiger partial charge >= 0.3 is 0 Å². The summed E-state index contributed by atoms with van der Waals surface area (Å²) in [5.74, 6) is -0.122. The molecule has 4 N–H and O–H groups in total. The van der Waals surface area contributed by atoms with E-state index in [9.17, 15) is 9.90 Å². The van der Waals surface area contributed by atoms with Crippen LogP contribution in [0, 0.1) is 0 Å². The van der Waals surface area contributed by atoms with Gasteiger partial charge in [0.25, 0.3) is 0 Å². The van der Waals surface area contributed by atoms with E-state index in [4.69, 9.17) is 17.3 Å². The van der Waals surface area contributed by atoms with Crippen molar-refractivity contribution in [3.8, 4) is 0 Å². The van der Waals surface area contributed by atoms with Crippen LogP contribution < -0.4 is 11.1 Å². The monoisotopic (exact) mass is 319 g/mol. The van der Waals surface area contributed by atoms with Crippen LogP contribution in [0.25, 0.3) is 0 Å². The van der Waals surface area contributed by atoms with E-state index in [0.717, 1.165) is 5.56 Å². The smallest absolute Gasteiger partial charge is 0.250 e. The molecule has 0 aliphatic heterocycles. The van der Waals surface area contributed by atoms with Crippen LogP contribution in [0.15, 0.2) is 42.6 Å². The average Bonchev–Trinajstić information content (AvgIpc) is 2.49. The van der Waals surface area contributed by atoms with Crippen LogP contribution in [0.2, 0.25) is 5.02 Å². The largest absolute Gasteiger partial charge is 0.385 e. The highest BCUT2D eigenvalue weighted by Gasteiger charge is 2.22. The van der Waals surface area contributed by atoms with E-state index >= 15 is 0 Å². The van der Waals surface area contributed by atoms with E-state index in [1.54, 1.807) is 6.92 Å². The van der Waals surface area contributed by atoms with Crippen molar-refractivity contribution in [1.29, 1.82) is 0 Å². The van der Waals surface area contributed by atoms with Crippen LogP contribution in [0.3, 0.4) is 0 Å². The molecule has 0 spiro atoms. The second-order valence-corrected chi connectivity index (χ2v) is 5.64. The number of nitrogens with zero attached hydrogens (tertiary/aromatic N) is 1. The summed E-state index contributed by atoms with van der Waals surface area (Å²) in [6.45, 7) is 2.24. The Morgan fingerprint density at radius 3 is 2.68 bits per heavy atom. The van der Waals surface area contributed by atoms with Gasteiger partial charge in [-0.1, -0.05) is 41.9 Å². The molecule has 0 saturated heterocycles. The highest BCUT2D eigenvalue weighted by molar-refractivity contribution is 6.33. The maximum Gasteiger partial charge on any atom is 0.250 e. The number of hydrogen-bond donors (Lipinski definition) is 3. The van der Waals surface area contributed by atoms with Gasteiger partial charge in [0.15, 0.2) is 0 Å². The van der Waals surface area contributed by atoms with Gasteiger partial charge in [0.2, 0.25) is 5.91 Å². The minimum absolute atomic E-state index is 0.256. The normalized spacial score (nSPS) is 13.4. The first-order chi connectivity index (χ1) is 10.4. The predicted molar refractivity (Wildman–Crippen MR) is 86.9 cm³/mol. The molecule has 116 valence electrons. The van der Waals surface area contributed by atoms with Crippen LogP contribution in [-0.4, -0.2) is 22.5 Å². The zero-order valence-electron chi connectivity index (χ0n) is 12.2. The number of rotatable bonds is 6. The molecule has 0 aliphatic rings. The van der Waals surface area contributed by atoms with E-state index < -0.39 is 11.5 Å². The van der Waals surface area contributed by atoms with Gasteiger partial charge in [-0.15, -0.1) is 0 Å². The molecule has 1 heterocycles. The zero-order chi connectivity index (χ0) is 16.2. The molecule has 2 rings (SSSR count). The standard InChI is InChI=1S/C16H18ClN3O2/c1-16(22,12-5-3-2-4-6-12)7-8-19-15-13(17)9-11(10-20-15)14(18)21/h2-6,9-10,22H,7-8H2,1H3,(H2,18,21)(H,19,20). The number of nitrogens with two attached hydrogens (primary N) is 1. The molecule has 2 aromatic rings. The number of nitrogens with one attached hydrogen (secondary N) is 1. The summed E-state index contributed by atoms with van der Waals surface area (Å²) in [4.78, 5) is 15.1. The Morgan fingerprint density at radius 2 is 2.09 bits per heavy atom. The van der Waals surface area contributed by atoms with Gasteiger partial charge in [0.1, 0.15) is 5.82 Å². The molecular weight excluding hydrogens is 302 g/mol. The predicted octanol–water partition coefficient (Wildman–Crippen LogP) is 2.54. The first-order valence-electron chi connectivity index (χ1n) is 6.87. The summed E-state index contributed by atoms with van der Waals surface area (Å²) in [6.07, 6.45) is 1.85. The quantitative estimate of drug-likeness (QED) is 0.763. The number of pyridine rings is 1. The minimum atomic E-state index is -0.950. The number of hydrogen-bond acceptors (Lipinski definition) is 4. The van der Waals surface area contributed by atoms with Crippen molar-refractivity contribution < 1.29 is 9.90 Å². The van der Waals surface area contributed by atoms with Crippen molar-refractivity contribution in [3.63, 3.8) is 0 Å². The summed E-state index contributed by atoms with van der Waals surface area (Å²) >= 11 is 6.05. The van der Waals surface area contributed by atoms with E-state index in [1.807, 2.05) is 30.3 Å². The van der Waals surface area contributed by atoms with Crippen molar-refractivity contribution >= 4 is 23.3 Å². The van der Waals surface area contributed by atoms with Crippen LogP contribution in [0.1, 0.15) is 29.3 Å². The summed E-state index contributed by atoms with van der Waals surface area (Å²) in [7, 11) is 0. The van der Waals surface area contributed by atoms with Gasteiger partial charge < -0.3 is 16.2 Å². The number of aliphatic hydroxyl groups is 1. The number of amides is 1. The lowest BCUT2D eigenvalue weighted by Crippen LogP contribution is -2.24. The van der Waals surface area contributed by atoms with Crippen LogP contribution in [0.4, 0.5) is 5.82 Å². The Kier molecular flexibility index (Phi) is 5.00. The molecular formula is C16H18ClN3O2. The average molecular weight is 320 g/mol. The van der Waals surface area contributed by atoms with Crippen molar-refractivity contribution in [1.82, 2.24) is 4.98 Å². The number of benzene rings is 1. The molecule has 1 unspecified atom stereocenters. The third-order valence-electron chi connectivity index (χ3n) is 3.43. The molecule has 1 amide bonds. The summed E-state index contributed by atoms with van der Waals surface area (Å²) in [5.41, 5.74) is 5.32. The van der Waals surface area contributed by atoms with Crippen molar-refractivity contribution in [3.05, 3.63) is 58.7 Å². The molecule has 5 nitrogen and oxygen atoms in total. The number of primary amides is 1. The van der Waals surface area contributed by atoms with Crippen LogP contribution in [-0.2, 0) is 5.60 Å². The number of carbonyl (C=O) groups excluding carboxylic acids is 1. The SMILES string of the molecule is CC(O)(CCNc1ncc(C(N)=O)cc1Cl)c1ccccc1. The maximum absolute atomic E-state index is 11.0. The molecule has 1 aromatic heterocycles. The lowest BCUT2D eigenvalue weighted by atomic mass is 9.93. The van der Waals surface area contributed by atoms with Crippen molar-refractivity contribution in [2.45, 2.75) is 18.9 Å². The second-order valence-electron chi connectivity index (χ2n) is 5.24. The first kappa shape index (κ1) is 16.3. The van der Waals surface area contributed by atoms with Crippen molar-refractivity contribution in [2.75, 3.05) is 11.9 Å². The number of anilines is 1. The molecule has 0 saturated carbocycles. The highest BCUT2D eigenvalue weighted by Crippen LogP contribution is 2.25.